The molecule has 0 radical (unpaired) electrons. The lowest BCUT2D eigenvalue weighted by atomic mass is 10.1. The number of allylic oxidation sites excluding steroid dienone is 1. The van der Waals surface area contributed by atoms with Gasteiger partial charge < -0.3 is 10.2 Å². The molecule has 27 heavy (non-hydrogen) atoms. The molecule has 0 amide bonds. The van der Waals surface area contributed by atoms with Gasteiger partial charge in [0.2, 0.25) is 5.88 Å². The molecule has 2 aromatic carbocycles. The molecule has 4 rings (SSSR count). The molecule has 0 spiro atoms. The lowest BCUT2D eigenvalue weighted by molar-refractivity contribution is -0.139. The predicted molar refractivity (Wildman–Crippen MR) is 109 cm³/mol. The average Bonchev–Trinajstić information content (AvgIpc) is 3.19. The standard InChI is InChI=1S/C20H14N2O3S2/c23-18-16(10-13-11-21-15-9-5-4-8-14(13)15)27-20(26)22(18)17(19(24)25)12-6-2-1-3-7-12/h1-11,17,23H,(H,24,25)/b13-10+/t17-/m0/s1. The predicted octanol–water partition coefficient (Wildman–Crippen LogP) is 4.92. The molecule has 1 aliphatic rings. The molecule has 5 nitrogen and oxygen atoms in total. The molecular weight excluding hydrogens is 380 g/mol. The third-order valence-corrected chi connectivity index (χ3v) is 5.63. The number of aliphatic carboxylic acids is 1. The Morgan fingerprint density at radius 3 is 2.59 bits per heavy atom. The summed E-state index contributed by atoms with van der Waals surface area (Å²) in [7, 11) is 0. The Morgan fingerprint density at radius 1 is 1.15 bits per heavy atom. The molecule has 2 N–H and O–H groups in total. The zero-order valence-corrected chi connectivity index (χ0v) is 15.6. The van der Waals surface area contributed by atoms with Gasteiger partial charge in [0, 0.05) is 17.4 Å². The molecule has 0 aliphatic carbocycles. The fourth-order valence-corrected chi connectivity index (χ4v) is 4.36. The molecule has 3 aromatic rings. The number of thiazole rings is 1. The van der Waals surface area contributed by atoms with Gasteiger partial charge in [-0.3, -0.25) is 9.56 Å². The maximum atomic E-state index is 11.9. The minimum Gasteiger partial charge on any atom is -0.493 e. The quantitative estimate of drug-likeness (QED) is 0.616. The third kappa shape index (κ3) is 3.11. The van der Waals surface area contributed by atoms with E-state index in [4.69, 9.17) is 12.2 Å². The summed E-state index contributed by atoms with van der Waals surface area (Å²) in [5.74, 6) is -1.25. The molecule has 0 bridgehead atoms. The molecule has 0 saturated carbocycles. The zero-order valence-electron chi connectivity index (χ0n) is 13.9. The summed E-state index contributed by atoms with van der Waals surface area (Å²) in [6.07, 6.45) is 3.51. The Hall–Kier alpha value is -3.03. The number of aromatic nitrogens is 1. The molecule has 0 unspecified atom stereocenters. The maximum Gasteiger partial charge on any atom is 0.331 e. The second kappa shape index (κ2) is 6.94. The highest BCUT2D eigenvalue weighted by Gasteiger charge is 2.27. The van der Waals surface area contributed by atoms with Gasteiger partial charge in [-0.05, 0) is 29.9 Å². The first-order chi connectivity index (χ1) is 13.1. The van der Waals surface area contributed by atoms with E-state index in [-0.39, 0.29) is 5.88 Å². The van der Waals surface area contributed by atoms with Gasteiger partial charge in [-0.2, -0.15) is 0 Å². The van der Waals surface area contributed by atoms with Crippen LogP contribution in [0.5, 0.6) is 5.88 Å². The Balaban J connectivity index is 1.82. The van der Waals surface area contributed by atoms with Crippen LogP contribution in [0.15, 0.2) is 59.6 Å². The summed E-state index contributed by atoms with van der Waals surface area (Å²) in [6, 6.07) is 15.3. The number of carbonyl (C=O) groups is 1. The number of rotatable bonds is 4. The molecule has 0 saturated heterocycles. The van der Waals surface area contributed by atoms with Crippen molar-refractivity contribution in [3.63, 3.8) is 0 Å². The Labute approximate surface area is 164 Å². The zero-order chi connectivity index (χ0) is 19.0. The van der Waals surface area contributed by atoms with E-state index in [1.54, 1.807) is 36.6 Å². The van der Waals surface area contributed by atoms with Gasteiger partial charge in [-0.1, -0.05) is 48.5 Å². The van der Waals surface area contributed by atoms with Crippen LogP contribution < -0.4 is 0 Å². The number of fused-ring (bicyclic) bond motifs is 1. The van der Waals surface area contributed by atoms with Crippen LogP contribution in [0.3, 0.4) is 0 Å². The first-order valence-electron chi connectivity index (χ1n) is 8.13. The van der Waals surface area contributed by atoms with Crippen LogP contribution in [0.1, 0.15) is 22.0 Å². The van der Waals surface area contributed by atoms with Crippen LogP contribution in [-0.2, 0) is 4.79 Å². The molecule has 2 heterocycles. The second-order valence-electron chi connectivity index (χ2n) is 5.95. The van der Waals surface area contributed by atoms with E-state index >= 15 is 0 Å². The fourth-order valence-electron chi connectivity index (χ4n) is 3.05. The van der Waals surface area contributed by atoms with Gasteiger partial charge in [0.1, 0.15) is 0 Å². The lowest BCUT2D eigenvalue weighted by Crippen LogP contribution is -2.20. The van der Waals surface area contributed by atoms with E-state index in [1.807, 2.05) is 30.3 Å². The summed E-state index contributed by atoms with van der Waals surface area (Å²) in [6.45, 7) is 0. The Kier molecular flexibility index (Phi) is 4.47. The van der Waals surface area contributed by atoms with E-state index in [9.17, 15) is 15.0 Å². The molecule has 1 aliphatic heterocycles. The first kappa shape index (κ1) is 17.4. The summed E-state index contributed by atoms with van der Waals surface area (Å²) in [5.41, 5.74) is 3.21. The third-order valence-electron chi connectivity index (χ3n) is 4.29. The number of hydrogen-bond donors (Lipinski definition) is 2. The van der Waals surface area contributed by atoms with Crippen LogP contribution in [0.4, 0.5) is 5.69 Å². The van der Waals surface area contributed by atoms with Crippen molar-refractivity contribution in [2.45, 2.75) is 6.04 Å². The van der Waals surface area contributed by atoms with E-state index in [1.165, 1.54) is 15.9 Å². The Morgan fingerprint density at radius 2 is 1.85 bits per heavy atom. The van der Waals surface area contributed by atoms with Crippen molar-refractivity contribution in [1.29, 1.82) is 0 Å². The maximum absolute atomic E-state index is 11.9. The monoisotopic (exact) mass is 394 g/mol. The highest BCUT2D eigenvalue weighted by Crippen LogP contribution is 2.38. The van der Waals surface area contributed by atoms with Crippen molar-refractivity contribution in [3.8, 4) is 5.88 Å². The van der Waals surface area contributed by atoms with E-state index < -0.39 is 12.0 Å². The van der Waals surface area contributed by atoms with Gasteiger partial charge in [0.25, 0.3) is 0 Å². The number of benzene rings is 2. The molecule has 134 valence electrons. The van der Waals surface area contributed by atoms with Crippen molar-refractivity contribution in [2.24, 2.45) is 4.99 Å². The van der Waals surface area contributed by atoms with Crippen molar-refractivity contribution < 1.29 is 15.0 Å². The van der Waals surface area contributed by atoms with Gasteiger partial charge in [0.15, 0.2) is 10.00 Å². The lowest BCUT2D eigenvalue weighted by Gasteiger charge is -2.15. The van der Waals surface area contributed by atoms with Gasteiger partial charge in [0.05, 0.1) is 10.6 Å². The summed E-state index contributed by atoms with van der Waals surface area (Å²) in [4.78, 5) is 16.8. The first-order valence-corrected chi connectivity index (χ1v) is 9.36. The summed E-state index contributed by atoms with van der Waals surface area (Å²) < 4.78 is 1.57. The largest absolute Gasteiger partial charge is 0.493 e. The van der Waals surface area contributed by atoms with Crippen LogP contribution in [0, 0.1) is 3.95 Å². The number of hydrogen-bond acceptors (Lipinski definition) is 5. The van der Waals surface area contributed by atoms with Crippen LogP contribution in [-0.4, -0.2) is 27.0 Å². The van der Waals surface area contributed by atoms with Crippen LogP contribution in [0.25, 0.3) is 11.6 Å². The van der Waals surface area contributed by atoms with E-state index in [0.29, 0.717) is 14.4 Å². The van der Waals surface area contributed by atoms with Gasteiger partial charge in [-0.25, -0.2) is 4.79 Å². The molecular formula is C20H14N2O3S2. The second-order valence-corrected chi connectivity index (χ2v) is 7.63. The Bertz CT molecular complexity index is 1140. The molecule has 0 fully saturated rings. The topological polar surface area (TPSA) is 74.8 Å². The van der Waals surface area contributed by atoms with Crippen LogP contribution >= 0.6 is 23.6 Å². The summed E-state index contributed by atoms with van der Waals surface area (Å²) in [5, 5.41) is 20.5. The smallest absolute Gasteiger partial charge is 0.331 e. The van der Waals surface area contributed by atoms with Crippen molar-refractivity contribution >= 4 is 53.1 Å². The SMILES string of the molecule is O=C(O)[C@H](c1ccccc1)n1c(O)c(/C=C2\C=Nc3ccccc32)sc1=S. The number of carboxylic acids is 1. The minimum absolute atomic E-state index is 0.161. The van der Waals surface area contributed by atoms with Crippen molar-refractivity contribution in [3.05, 3.63) is 74.6 Å². The van der Waals surface area contributed by atoms with Gasteiger partial charge in [-0.15, -0.1) is 11.3 Å². The fraction of sp³-hybridized carbons (Fsp3) is 0.0500. The molecule has 1 aromatic heterocycles. The highest BCUT2D eigenvalue weighted by atomic mass is 32.1. The normalized spacial score (nSPS) is 15.0. The number of nitrogens with zero attached hydrogens (tertiary/aromatic N) is 2. The van der Waals surface area contributed by atoms with Crippen LogP contribution in [0.2, 0.25) is 0 Å². The van der Waals surface area contributed by atoms with E-state index in [0.717, 1.165) is 16.8 Å². The molecule has 7 heteroatoms. The number of aliphatic imine (C=N–C) groups is 1. The number of para-hydroxylation sites is 1. The minimum atomic E-state index is -1.09. The van der Waals surface area contributed by atoms with Crippen molar-refractivity contribution in [1.82, 2.24) is 4.57 Å². The summed E-state index contributed by atoms with van der Waals surface area (Å²) >= 11 is 6.54. The number of carboxylic acid groups (broad SMARTS) is 1. The van der Waals surface area contributed by atoms with E-state index in [2.05, 4.69) is 4.99 Å². The highest BCUT2D eigenvalue weighted by molar-refractivity contribution is 7.73. The van der Waals surface area contributed by atoms with Gasteiger partial charge >= 0.3 is 5.97 Å². The molecule has 1 atom stereocenters. The average molecular weight is 394 g/mol. The number of aromatic hydroxyl groups is 1. The van der Waals surface area contributed by atoms with Crippen molar-refractivity contribution in [2.75, 3.05) is 0 Å².